The van der Waals surface area contributed by atoms with Gasteiger partial charge in [0.2, 0.25) is 0 Å². The van der Waals surface area contributed by atoms with Crippen LogP contribution in [0.15, 0.2) is 73.3 Å². The van der Waals surface area contributed by atoms with E-state index in [1.165, 1.54) is 16.4 Å². The van der Waals surface area contributed by atoms with Crippen LogP contribution in [0.1, 0.15) is 41.5 Å². The molecule has 1 N–H and O–H groups in total. The quantitative estimate of drug-likeness (QED) is 0.430. The molecule has 1 heterocycles. The van der Waals surface area contributed by atoms with Gasteiger partial charge in [-0.15, -0.1) is 6.58 Å². The van der Waals surface area contributed by atoms with Crippen LogP contribution in [0.3, 0.4) is 0 Å². The smallest absolute Gasteiger partial charge is 0.261 e. The second-order valence-corrected chi connectivity index (χ2v) is 15.0. The van der Waals surface area contributed by atoms with Gasteiger partial charge in [0, 0.05) is 7.11 Å². The summed E-state index contributed by atoms with van der Waals surface area (Å²) in [5.74, 6) is -0.835. The van der Waals surface area contributed by atoms with Gasteiger partial charge in [-0.3, -0.25) is 0 Å². The molecule has 34 heavy (non-hydrogen) atoms. The normalized spacial score (nSPS) is 23.3. The topological polar surface area (TPSA) is 57.2 Å². The van der Waals surface area contributed by atoms with Crippen molar-refractivity contribution in [2.24, 2.45) is 0 Å². The van der Waals surface area contributed by atoms with Gasteiger partial charge in [0.05, 0.1) is 6.61 Å². The molecule has 0 aromatic heterocycles. The second kappa shape index (κ2) is 10.1. The minimum atomic E-state index is -2.75. The van der Waals surface area contributed by atoms with Crippen LogP contribution < -0.4 is 10.4 Å². The van der Waals surface area contributed by atoms with E-state index in [0.29, 0.717) is 6.61 Å². The summed E-state index contributed by atoms with van der Waals surface area (Å²) >= 11 is 0. The van der Waals surface area contributed by atoms with Gasteiger partial charge in [0.15, 0.2) is 5.79 Å². The van der Waals surface area contributed by atoms with Crippen molar-refractivity contribution in [1.82, 2.24) is 0 Å². The van der Waals surface area contributed by atoms with Gasteiger partial charge in [-0.2, -0.15) is 0 Å². The zero-order chi connectivity index (χ0) is 25.2. The fourth-order valence-electron chi connectivity index (χ4n) is 5.04. The minimum absolute atomic E-state index is 0.159. The molecule has 1 fully saturated rings. The molecule has 0 amide bonds. The highest BCUT2D eigenvalue weighted by atomic mass is 28.4. The van der Waals surface area contributed by atoms with Crippen LogP contribution in [-0.2, 0) is 18.6 Å². The number of hydrogen-bond donors (Lipinski definition) is 1. The van der Waals surface area contributed by atoms with Crippen molar-refractivity contribution in [2.45, 2.75) is 76.3 Å². The number of ether oxygens (including phenoxy) is 3. The van der Waals surface area contributed by atoms with Gasteiger partial charge < -0.3 is 23.7 Å². The Bertz CT molecular complexity index is 897. The predicted octanol–water partition coefficient (Wildman–Crippen LogP) is 4.04. The maximum Gasteiger partial charge on any atom is 0.261 e. The van der Waals surface area contributed by atoms with Crippen LogP contribution in [-0.4, -0.2) is 56.8 Å². The SMILES string of the molecule is C=CC(C)(O)C(OC)C1OC(C)(C)OC1CO[Si](c1ccccc1)(c1ccccc1)C(C)(C)C. The monoisotopic (exact) mass is 484 g/mol. The average molecular weight is 485 g/mol. The summed E-state index contributed by atoms with van der Waals surface area (Å²) in [5, 5.41) is 13.2. The fraction of sp³-hybridized carbons (Fsp3) is 0.500. The van der Waals surface area contributed by atoms with E-state index in [0.717, 1.165) is 0 Å². The van der Waals surface area contributed by atoms with E-state index < -0.39 is 38.0 Å². The molecule has 1 aliphatic heterocycles. The standard InChI is InChI=1S/C28H40O5Si/c1-9-28(7,29)25(30-8)24-23(32-27(5,6)33-24)20-31-34(26(2,3)4,21-16-12-10-13-17-21)22-18-14-11-15-19-22/h9-19,23-25,29H,1,20H2,2-8H3. The Balaban J connectivity index is 2.04. The van der Waals surface area contributed by atoms with E-state index in [1.807, 2.05) is 26.0 Å². The fourth-order valence-corrected chi connectivity index (χ4v) is 9.61. The minimum Gasteiger partial charge on any atom is -0.405 e. The van der Waals surface area contributed by atoms with Gasteiger partial charge in [-0.1, -0.05) is 87.5 Å². The lowest BCUT2D eigenvalue weighted by Crippen LogP contribution is -2.67. The molecule has 0 radical (unpaired) electrons. The van der Waals surface area contributed by atoms with Crippen molar-refractivity contribution in [3.05, 3.63) is 73.3 Å². The molecule has 0 aliphatic carbocycles. The molecule has 2 aromatic carbocycles. The number of rotatable bonds is 9. The Labute approximate surface area is 205 Å². The molecule has 1 saturated heterocycles. The molecule has 0 saturated carbocycles. The van der Waals surface area contributed by atoms with Gasteiger partial charge in [0.25, 0.3) is 8.32 Å². The Morgan fingerprint density at radius 2 is 1.50 bits per heavy atom. The zero-order valence-corrected chi connectivity index (χ0v) is 22.6. The number of aliphatic hydroxyl groups is 1. The van der Waals surface area contributed by atoms with Crippen LogP contribution in [0.25, 0.3) is 0 Å². The van der Waals surface area contributed by atoms with E-state index in [4.69, 9.17) is 18.6 Å². The molecule has 2 aromatic rings. The Kier molecular flexibility index (Phi) is 7.92. The van der Waals surface area contributed by atoms with Crippen LogP contribution in [0.4, 0.5) is 0 Å². The maximum atomic E-state index is 10.9. The van der Waals surface area contributed by atoms with E-state index in [1.54, 1.807) is 14.0 Å². The highest BCUT2D eigenvalue weighted by molar-refractivity contribution is 6.99. The van der Waals surface area contributed by atoms with Crippen LogP contribution in [0.2, 0.25) is 5.04 Å². The zero-order valence-electron chi connectivity index (χ0n) is 21.6. The molecule has 4 atom stereocenters. The third-order valence-corrected chi connectivity index (χ3v) is 11.6. The first kappa shape index (κ1) is 26.8. The number of hydrogen-bond acceptors (Lipinski definition) is 5. The molecule has 186 valence electrons. The molecule has 0 spiro atoms. The summed E-state index contributed by atoms with van der Waals surface area (Å²) in [6, 6.07) is 21.0. The lowest BCUT2D eigenvalue weighted by Gasteiger charge is -2.44. The highest BCUT2D eigenvalue weighted by Crippen LogP contribution is 2.39. The Hall–Kier alpha value is -1.80. The summed E-state index contributed by atoms with van der Waals surface area (Å²) in [7, 11) is -1.18. The first-order chi connectivity index (χ1) is 15.9. The molecular weight excluding hydrogens is 444 g/mol. The van der Waals surface area contributed by atoms with Crippen LogP contribution in [0, 0.1) is 0 Å². The van der Waals surface area contributed by atoms with Crippen molar-refractivity contribution in [2.75, 3.05) is 13.7 Å². The molecule has 5 nitrogen and oxygen atoms in total. The molecule has 1 aliphatic rings. The summed E-state index contributed by atoms with van der Waals surface area (Å²) < 4.78 is 25.4. The highest BCUT2D eigenvalue weighted by Gasteiger charge is 2.54. The maximum absolute atomic E-state index is 10.9. The number of benzene rings is 2. The van der Waals surface area contributed by atoms with Crippen molar-refractivity contribution in [1.29, 1.82) is 0 Å². The van der Waals surface area contributed by atoms with Gasteiger partial charge >= 0.3 is 0 Å². The molecule has 3 rings (SSSR count). The van der Waals surface area contributed by atoms with E-state index in [2.05, 4.69) is 75.9 Å². The first-order valence-corrected chi connectivity index (χ1v) is 13.8. The number of methoxy groups -OCH3 is 1. The first-order valence-electron chi connectivity index (χ1n) is 11.9. The molecule has 6 heteroatoms. The van der Waals surface area contributed by atoms with Crippen LogP contribution >= 0.6 is 0 Å². The average Bonchev–Trinajstić information content (AvgIpc) is 3.09. The Morgan fingerprint density at radius 1 is 1.00 bits per heavy atom. The largest absolute Gasteiger partial charge is 0.405 e. The third kappa shape index (κ3) is 5.22. The summed E-state index contributed by atoms with van der Waals surface area (Å²) in [5.41, 5.74) is -1.29. The van der Waals surface area contributed by atoms with Crippen molar-refractivity contribution in [3.63, 3.8) is 0 Å². The van der Waals surface area contributed by atoms with Gasteiger partial charge in [-0.05, 0) is 36.2 Å². The predicted molar refractivity (Wildman–Crippen MR) is 139 cm³/mol. The van der Waals surface area contributed by atoms with E-state index >= 15 is 0 Å². The lowest BCUT2D eigenvalue weighted by molar-refractivity contribution is -0.173. The lowest BCUT2D eigenvalue weighted by atomic mass is 9.92. The van der Waals surface area contributed by atoms with Crippen molar-refractivity contribution >= 4 is 18.7 Å². The van der Waals surface area contributed by atoms with Gasteiger partial charge in [0.1, 0.15) is 23.9 Å². The van der Waals surface area contributed by atoms with Crippen molar-refractivity contribution < 1.29 is 23.7 Å². The van der Waals surface area contributed by atoms with Crippen LogP contribution in [0.5, 0.6) is 0 Å². The summed E-state index contributed by atoms with van der Waals surface area (Å²) in [4.78, 5) is 0. The molecule has 0 bridgehead atoms. The van der Waals surface area contributed by atoms with Crippen molar-refractivity contribution in [3.8, 4) is 0 Å². The molecular formula is C28H40O5Si. The Morgan fingerprint density at radius 3 is 1.91 bits per heavy atom. The van der Waals surface area contributed by atoms with Gasteiger partial charge in [-0.25, -0.2) is 0 Å². The second-order valence-electron chi connectivity index (χ2n) is 10.7. The summed E-state index contributed by atoms with van der Waals surface area (Å²) in [6.07, 6.45) is -0.158. The van der Waals surface area contributed by atoms with E-state index in [-0.39, 0.29) is 5.04 Å². The third-order valence-electron chi connectivity index (χ3n) is 6.64. The summed E-state index contributed by atoms with van der Waals surface area (Å²) in [6.45, 7) is 16.2. The molecule has 4 unspecified atom stereocenters. The van der Waals surface area contributed by atoms with E-state index in [9.17, 15) is 5.11 Å².